The molecule has 4 rings (SSSR count). The summed E-state index contributed by atoms with van der Waals surface area (Å²) in [5.41, 5.74) is 0.833. The number of carbonyl (C=O) groups excluding carboxylic acids is 2. The van der Waals surface area contributed by atoms with Crippen molar-refractivity contribution < 1.29 is 18.7 Å². The topological polar surface area (TPSA) is 73.9 Å². The average molecular weight is 390 g/mol. The van der Waals surface area contributed by atoms with E-state index in [1.165, 1.54) is 18.9 Å². The number of urea groups is 1. The van der Waals surface area contributed by atoms with E-state index >= 15 is 0 Å². The summed E-state index contributed by atoms with van der Waals surface area (Å²) in [5, 5.41) is 5.42. The molecule has 0 bridgehead atoms. The summed E-state index contributed by atoms with van der Waals surface area (Å²) in [4.78, 5) is 28.9. The van der Waals surface area contributed by atoms with Gasteiger partial charge in [-0.25, -0.2) is 9.18 Å². The van der Waals surface area contributed by atoms with Crippen LogP contribution in [0.2, 0.25) is 0 Å². The summed E-state index contributed by atoms with van der Waals surface area (Å²) in [5.74, 6) is -0.787. The van der Waals surface area contributed by atoms with E-state index in [4.69, 9.17) is 4.74 Å². The van der Waals surface area contributed by atoms with Gasteiger partial charge in [-0.3, -0.25) is 4.79 Å². The predicted molar refractivity (Wildman–Crippen MR) is 103 cm³/mol. The molecule has 0 aromatic heterocycles. The molecule has 0 spiro atoms. The van der Waals surface area contributed by atoms with Crippen LogP contribution in [0.5, 0.6) is 0 Å². The second-order valence-corrected chi connectivity index (χ2v) is 7.80. The molecule has 2 saturated heterocycles. The van der Waals surface area contributed by atoms with Crippen LogP contribution in [-0.2, 0) is 11.2 Å². The first-order valence-corrected chi connectivity index (χ1v) is 9.99. The van der Waals surface area contributed by atoms with Crippen LogP contribution >= 0.6 is 0 Å². The fraction of sp³-hybridized carbons (Fsp3) is 0.600. The summed E-state index contributed by atoms with van der Waals surface area (Å²) in [6.07, 6.45) is 3.59. The van der Waals surface area contributed by atoms with Crippen molar-refractivity contribution in [1.82, 2.24) is 15.1 Å². The lowest BCUT2D eigenvalue weighted by molar-refractivity contribution is 0.0945. The molecule has 1 aromatic carbocycles. The third-order valence-corrected chi connectivity index (χ3v) is 6.03. The highest BCUT2D eigenvalue weighted by Crippen LogP contribution is 2.27. The number of likely N-dealkylation sites (tertiary alicyclic amines) is 2. The summed E-state index contributed by atoms with van der Waals surface area (Å²) < 4.78 is 20.4. The number of carbonyl (C=O) groups is 2. The van der Waals surface area contributed by atoms with Crippen LogP contribution in [0.3, 0.4) is 0 Å². The Hall–Kier alpha value is -2.19. The lowest BCUT2D eigenvalue weighted by Crippen LogP contribution is -2.44. The summed E-state index contributed by atoms with van der Waals surface area (Å²) >= 11 is 0. The molecule has 0 saturated carbocycles. The van der Waals surface area contributed by atoms with Gasteiger partial charge in [0.25, 0.3) is 5.91 Å². The smallest absolute Gasteiger partial charge is 0.322 e. The van der Waals surface area contributed by atoms with Crippen LogP contribution in [0.4, 0.5) is 14.9 Å². The van der Waals surface area contributed by atoms with Gasteiger partial charge in [-0.05, 0) is 50.9 Å². The zero-order valence-electron chi connectivity index (χ0n) is 16.2. The molecule has 2 atom stereocenters. The van der Waals surface area contributed by atoms with Gasteiger partial charge in [0.1, 0.15) is 0 Å². The first-order valence-electron chi connectivity index (χ1n) is 9.99. The van der Waals surface area contributed by atoms with Gasteiger partial charge in [0.2, 0.25) is 0 Å². The quantitative estimate of drug-likeness (QED) is 0.823. The van der Waals surface area contributed by atoms with E-state index in [1.54, 1.807) is 18.1 Å². The summed E-state index contributed by atoms with van der Waals surface area (Å²) in [7, 11) is 1.66. The van der Waals surface area contributed by atoms with Crippen molar-refractivity contribution in [2.24, 2.45) is 0 Å². The van der Waals surface area contributed by atoms with Crippen molar-refractivity contribution in [2.75, 3.05) is 45.2 Å². The molecule has 2 fully saturated rings. The molecular formula is C20H27FN4O3. The molecule has 3 amide bonds. The maximum Gasteiger partial charge on any atom is 0.322 e. The standard InChI is InChI=1S/C20H27FN4O3/c1-28-14-10-13(11-24-8-2-3-9-24)25(12-14)20(27)23-17-5-4-16-15(18(17)21)6-7-22-19(16)26/h4-5,13-14H,2-3,6-12H2,1H3,(H,22,26)(H,23,27)/t13-,14-/m0/s1. The van der Waals surface area contributed by atoms with Crippen molar-refractivity contribution in [3.63, 3.8) is 0 Å². The lowest BCUT2D eigenvalue weighted by Gasteiger charge is -2.28. The van der Waals surface area contributed by atoms with E-state index in [1.807, 2.05) is 0 Å². The van der Waals surface area contributed by atoms with Crippen molar-refractivity contribution >= 4 is 17.6 Å². The van der Waals surface area contributed by atoms with Gasteiger partial charge >= 0.3 is 6.03 Å². The highest BCUT2D eigenvalue weighted by Gasteiger charge is 2.37. The minimum Gasteiger partial charge on any atom is -0.380 e. The summed E-state index contributed by atoms with van der Waals surface area (Å²) in [6.45, 7) is 3.84. The van der Waals surface area contributed by atoms with Crippen LogP contribution in [0.25, 0.3) is 0 Å². The number of nitrogens with one attached hydrogen (secondary N) is 2. The van der Waals surface area contributed by atoms with Crippen LogP contribution in [0.1, 0.15) is 35.2 Å². The minimum atomic E-state index is -0.515. The van der Waals surface area contributed by atoms with Crippen LogP contribution < -0.4 is 10.6 Å². The number of hydrogen-bond acceptors (Lipinski definition) is 4. The number of ether oxygens (including phenoxy) is 1. The van der Waals surface area contributed by atoms with E-state index in [0.29, 0.717) is 30.6 Å². The minimum absolute atomic E-state index is 0.00423. The van der Waals surface area contributed by atoms with Gasteiger partial charge in [-0.1, -0.05) is 0 Å². The Kier molecular flexibility index (Phi) is 5.50. The van der Waals surface area contributed by atoms with Gasteiger partial charge in [0, 0.05) is 43.9 Å². The number of rotatable bonds is 4. The number of nitrogens with zero attached hydrogens (tertiary/aromatic N) is 2. The summed E-state index contributed by atoms with van der Waals surface area (Å²) in [6, 6.07) is 2.78. The number of benzene rings is 1. The molecule has 8 heteroatoms. The van der Waals surface area contributed by atoms with E-state index in [2.05, 4.69) is 15.5 Å². The van der Waals surface area contributed by atoms with E-state index < -0.39 is 5.82 Å². The van der Waals surface area contributed by atoms with E-state index in [9.17, 15) is 14.0 Å². The van der Waals surface area contributed by atoms with Gasteiger partial charge in [0.05, 0.1) is 11.8 Å². The number of fused-ring (bicyclic) bond motifs is 1. The molecule has 0 aliphatic carbocycles. The molecular weight excluding hydrogens is 363 g/mol. The van der Waals surface area contributed by atoms with Crippen molar-refractivity contribution in [3.05, 3.63) is 29.1 Å². The molecule has 3 heterocycles. The maximum atomic E-state index is 14.9. The number of halogens is 1. The largest absolute Gasteiger partial charge is 0.380 e. The van der Waals surface area contributed by atoms with Crippen LogP contribution in [-0.4, -0.2) is 73.7 Å². The Balaban J connectivity index is 1.49. The number of anilines is 1. The first kappa shape index (κ1) is 19.1. The van der Waals surface area contributed by atoms with Crippen LogP contribution in [0.15, 0.2) is 12.1 Å². The van der Waals surface area contributed by atoms with Crippen molar-refractivity contribution in [3.8, 4) is 0 Å². The molecule has 7 nitrogen and oxygen atoms in total. The molecule has 1 aromatic rings. The van der Waals surface area contributed by atoms with Crippen molar-refractivity contribution in [1.29, 1.82) is 0 Å². The van der Waals surface area contributed by atoms with Gasteiger partial charge in [-0.15, -0.1) is 0 Å². The number of methoxy groups -OCH3 is 1. The highest BCUT2D eigenvalue weighted by molar-refractivity contribution is 5.98. The van der Waals surface area contributed by atoms with Gasteiger partial charge in [-0.2, -0.15) is 0 Å². The fourth-order valence-electron chi connectivity index (χ4n) is 4.49. The van der Waals surface area contributed by atoms with E-state index in [0.717, 1.165) is 26.1 Å². The van der Waals surface area contributed by atoms with Gasteiger partial charge < -0.3 is 25.2 Å². The molecule has 3 aliphatic heterocycles. The third kappa shape index (κ3) is 3.71. The normalized spacial score (nSPS) is 24.9. The zero-order valence-corrected chi connectivity index (χ0v) is 16.2. The highest BCUT2D eigenvalue weighted by atomic mass is 19.1. The molecule has 3 aliphatic rings. The first-order chi connectivity index (χ1) is 13.6. The Morgan fingerprint density at radius 2 is 2.14 bits per heavy atom. The second-order valence-electron chi connectivity index (χ2n) is 7.80. The van der Waals surface area contributed by atoms with Crippen molar-refractivity contribution in [2.45, 2.75) is 37.8 Å². The average Bonchev–Trinajstić information content (AvgIpc) is 3.34. The Labute approximate surface area is 164 Å². The SMILES string of the molecule is CO[C@H]1C[C@@H](CN2CCCC2)N(C(=O)Nc2ccc3c(c2F)CCNC3=O)C1. The molecule has 152 valence electrons. The molecule has 0 radical (unpaired) electrons. The fourth-order valence-corrected chi connectivity index (χ4v) is 4.49. The van der Waals surface area contributed by atoms with Crippen LogP contribution in [0, 0.1) is 5.82 Å². The third-order valence-electron chi connectivity index (χ3n) is 6.03. The zero-order chi connectivity index (χ0) is 19.7. The lowest BCUT2D eigenvalue weighted by atomic mass is 9.99. The Morgan fingerprint density at radius 3 is 2.89 bits per heavy atom. The van der Waals surface area contributed by atoms with E-state index in [-0.39, 0.29) is 29.8 Å². The maximum absolute atomic E-state index is 14.9. The number of amides is 3. The molecule has 2 N–H and O–H groups in total. The Bertz CT molecular complexity index is 766. The molecule has 0 unspecified atom stereocenters. The Morgan fingerprint density at radius 1 is 1.36 bits per heavy atom. The van der Waals surface area contributed by atoms with Gasteiger partial charge in [0.15, 0.2) is 5.82 Å². The number of hydrogen-bond donors (Lipinski definition) is 2. The molecule has 28 heavy (non-hydrogen) atoms. The second kappa shape index (κ2) is 8.05. The monoisotopic (exact) mass is 390 g/mol. The predicted octanol–water partition coefficient (Wildman–Crippen LogP) is 1.83.